The van der Waals surface area contributed by atoms with E-state index in [1.165, 1.54) is 0 Å². The van der Waals surface area contributed by atoms with E-state index in [1.54, 1.807) is 13.1 Å². The Bertz CT molecular complexity index is 456. The lowest BCUT2D eigenvalue weighted by atomic mass is 10.2. The summed E-state index contributed by atoms with van der Waals surface area (Å²) >= 11 is 5.43. The first-order chi connectivity index (χ1) is 9.08. The molecule has 0 aliphatic rings. The number of nitrogens with one attached hydrogen (secondary N) is 1. The quantitative estimate of drug-likeness (QED) is 0.457. The predicted octanol–water partition coefficient (Wildman–Crippen LogP) is 0.842. The first-order valence-corrected chi connectivity index (χ1v) is 6.14. The lowest BCUT2D eigenvalue weighted by Crippen LogP contribution is -2.38. The molecule has 0 bridgehead atoms. The Labute approximate surface area is 115 Å². The average Bonchev–Trinajstić information content (AvgIpc) is 2.38. The highest BCUT2D eigenvalue weighted by Crippen LogP contribution is 2.07. The first-order valence-electron chi connectivity index (χ1n) is 5.61. The fraction of sp³-hybridized carbons (Fsp3) is 0.500. The van der Waals surface area contributed by atoms with Crippen LogP contribution >= 0.6 is 11.6 Å². The maximum Gasteiger partial charge on any atom is 0.340 e. The first kappa shape index (κ1) is 15.1. The Kier molecular flexibility index (Phi) is 5.94. The number of nitrogen functional groups attached to an aromatic ring is 1. The van der Waals surface area contributed by atoms with E-state index >= 15 is 0 Å². The summed E-state index contributed by atoms with van der Waals surface area (Å²) in [5, 5.41) is 5.83. The van der Waals surface area contributed by atoms with Crippen molar-refractivity contribution in [3.63, 3.8) is 0 Å². The second kappa shape index (κ2) is 7.47. The molecule has 1 aromatic heterocycles. The van der Waals surface area contributed by atoms with Crippen LogP contribution in [0.1, 0.15) is 11.4 Å². The van der Waals surface area contributed by atoms with Crippen molar-refractivity contribution >= 4 is 23.4 Å². The molecule has 0 saturated heterocycles. The Morgan fingerprint density at radius 3 is 2.95 bits per heavy atom. The molecule has 1 rings (SSSR count). The van der Waals surface area contributed by atoms with Crippen LogP contribution < -0.4 is 11.1 Å². The minimum Gasteiger partial charge on any atom is -0.383 e. The molecule has 0 atom stereocenters. The number of nitroso groups, excluding NO2 is 1. The normalized spacial score (nSPS) is 10.0. The molecule has 1 aromatic rings. The Morgan fingerprint density at radius 2 is 2.37 bits per heavy atom. The van der Waals surface area contributed by atoms with Crippen LogP contribution in [-0.2, 0) is 6.42 Å². The highest BCUT2D eigenvalue weighted by molar-refractivity contribution is 6.18. The zero-order valence-corrected chi connectivity index (χ0v) is 11.2. The van der Waals surface area contributed by atoms with Crippen molar-refractivity contribution in [3.8, 4) is 0 Å². The zero-order chi connectivity index (χ0) is 14.3. The third-order valence-electron chi connectivity index (χ3n) is 2.32. The minimum absolute atomic E-state index is 0.0622. The van der Waals surface area contributed by atoms with E-state index in [1.807, 2.05) is 0 Å². The van der Waals surface area contributed by atoms with Gasteiger partial charge in [0, 0.05) is 24.2 Å². The smallest absolute Gasteiger partial charge is 0.340 e. The van der Waals surface area contributed by atoms with E-state index in [9.17, 15) is 9.70 Å². The molecule has 0 saturated carbocycles. The number of aromatic nitrogens is 2. The van der Waals surface area contributed by atoms with Crippen LogP contribution in [-0.4, -0.2) is 40.0 Å². The maximum atomic E-state index is 11.5. The summed E-state index contributed by atoms with van der Waals surface area (Å²) in [7, 11) is 0. The number of hydrogen-bond donors (Lipinski definition) is 2. The summed E-state index contributed by atoms with van der Waals surface area (Å²) in [5.74, 6) is 1.11. The number of carbonyl (C=O) groups is 1. The fourth-order valence-corrected chi connectivity index (χ4v) is 1.52. The van der Waals surface area contributed by atoms with Gasteiger partial charge in [-0.1, -0.05) is 0 Å². The van der Waals surface area contributed by atoms with Gasteiger partial charge in [-0.3, -0.25) is 0 Å². The molecule has 0 unspecified atom stereocenters. The van der Waals surface area contributed by atoms with E-state index in [-0.39, 0.29) is 12.4 Å². The van der Waals surface area contributed by atoms with Crippen LogP contribution in [0.2, 0.25) is 0 Å². The third kappa shape index (κ3) is 4.66. The van der Waals surface area contributed by atoms with Gasteiger partial charge in [0.15, 0.2) is 0 Å². The van der Waals surface area contributed by atoms with Gasteiger partial charge in [0.05, 0.1) is 11.8 Å². The molecule has 0 spiro atoms. The molecule has 3 N–H and O–H groups in total. The second-order valence-electron chi connectivity index (χ2n) is 3.70. The maximum absolute atomic E-state index is 11.5. The van der Waals surface area contributed by atoms with Crippen LogP contribution in [0.15, 0.2) is 11.5 Å². The third-order valence-corrected chi connectivity index (χ3v) is 2.49. The average molecular weight is 287 g/mol. The zero-order valence-electron chi connectivity index (χ0n) is 10.5. The van der Waals surface area contributed by atoms with Gasteiger partial charge < -0.3 is 11.1 Å². The number of halogens is 1. The molecule has 9 heteroatoms. The summed E-state index contributed by atoms with van der Waals surface area (Å²) in [6.07, 6.45) is 2.07. The standard InChI is InChI=1S/C10H15ClN6O2/c1-7-14-6-8(9(12)15-7)2-4-13-10(18)17(16-19)5-3-11/h6H,2-5H2,1H3,(H,13,18)(H2,12,14,15). The summed E-state index contributed by atoms with van der Waals surface area (Å²) in [5.41, 5.74) is 6.44. The number of nitrogens with zero attached hydrogens (tertiary/aromatic N) is 4. The van der Waals surface area contributed by atoms with Gasteiger partial charge in [-0.25, -0.2) is 14.8 Å². The molecule has 0 fully saturated rings. The van der Waals surface area contributed by atoms with Crippen molar-refractivity contribution in [3.05, 3.63) is 22.5 Å². The van der Waals surface area contributed by atoms with Crippen molar-refractivity contribution in [2.75, 3.05) is 24.7 Å². The van der Waals surface area contributed by atoms with E-state index < -0.39 is 6.03 Å². The van der Waals surface area contributed by atoms with Gasteiger partial charge in [-0.05, 0) is 13.3 Å². The number of rotatable bonds is 6. The molecule has 0 aromatic carbocycles. The fourth-order valence-electron chi connectivity index (χ4n) is 1.36. The summed E-state index contributed by atoms with van der Waals surface area (Å²) in [4.78, 5) is 29.9. The number of hydrogen-bond acceptors (Lipinski definition) is 6. The summed E-state index contributed by atoms with van der Waals surface area (Å²) in [6.45, 7) is 2.10. The van der Waals surface area contributed by atoms with Crippen LogP contribution in [0, 0.1) is 11.8 Å². The van der Waals surface area contributed by atoms with Crippen molar-refractivity contribution in [2.24, 2.45) is 5.29 Å². The van der Waals surface area contributed by atoms with E-state index in [0.717, 1.165) is 10.6 Å². The van der Waals surface area contributed by atoms with Crippen LogP contribution in [0.4, 0.5) is 10.6 Å². The molecule has 0 aliphatic heterocycles. The molecule has 104 valence electrons. The summed E-state index contributed by atoms with van der Waals surface area (Å²) in [6, 6.07) is -0.595. The molecule has 1 heterocycles. The highest BCUT2D eigenvalue weighted by atomic mass is 35.5. The summed E-state index contributed by atoms with van der Waals surface area (Å²) < 4.78 is 0. The number of anilines is 1. The topological polar surface area (TPSA) is 114 Å². The Balaban J connectivity index is 2.45. The van der Waals surface area contributed by atoms with Gasteiger partial charge in [0.1, 0.15) is 11.6 Å². The number of amides is 2. The van der Waals surface area contributed by atoms with E-state index in [0.29, 0.717) is 24.6 Å². The lowest BCUT2D eigenvalue weighted by Gasteiger charge is -2.13. The number of nitrogens with two attached hydrogens (primary N) is 1. The van der Waals surface area contributed by atoms with Gasteiger partial charge in [0.2, 0.25) is 0 Å². The van der Waals surface area contributed by atoms with Crippen LogP contribution in [0.5, 0.6) is 0 Å². The number of urea groups is 1. The molecule has 2 amide bonds. The van der Waals surface area contributed by atoms with E-state index in [2.05, 4.69) is 20.6 Å². The monoisotopic (exact) mass is 286 g/mol. The molecular weight excluding hydrogens is 272 g/mol. The van der Waals surface area contributed by atoms with Gasteiger partial charge in [0.25, 0.3) is 0 Å². The van der Waals surface area contributed by atoms with Crippen molar-refractivity contribution in [1.82, 2.24) is 20.3 Å². The molecular formula is C10H15ClN6O2. The van der Waals surface area contributed by atoms with E-state index in [4.69, 9.17) is 17.3 Å². The van der Waals surface area contributed by atoms with Crippen LogP contribution in [0.25, 0.3) is 0 Å². The number of aryl methyl sites for hydroxylation is 1. The molecule has 8 nitrogen and oxygen atoms in total. The minimum atomic E-state index is -0.595. The largest absolute Gasteiger partial charge is 0.383 e. The second-order valence-corrected chi connectivity index (χ2v) is 4.08. The Hall–Kier alpha value is -1.96. The molecule has 19 heavy (non-hydrogen) atoms. The van der Waals surface area contributed by atoms with Crippen LogP contribution in [0.3, 0.4) is 0 Å². The number of carbonyl (C=O) groups excluding carboxylic acids is 1. The molecule has 0 aliphatic carbocycles. The SMILES string of the molecule is Cc1ncc(CCNC(=O)N(CCCl)N=O)c(N)n1. The number of alkyl halides is 1. The molecule has 0 radical (unpaired) electrons. The predicted molar refractivity (Wildman–Crippen MR) is 71.5 cm³/mol. The van der Waals surface area contributed by atoms with Gasteiger partial charge >= 0.3 is 6.03 Å². The van der Waals surface area contributed by atoms with Crippen molar-refractivity contribution in [2.45, 2.75) is 13.3 Å². The Morgan fingerprint density at radius 1 is 1.63 bits per heavy atom. The lowest BCUT2D eigenvalue weighted by molar-refractivity contribution is 0.202. The van der Waals surface area contributed by atoms with Gasteiger partial charge in [-0.2, -0.15) is 5.01 Å². The highest BCUT2D eigenvalue weighted by Gasteiger charge is 2.12. The van der Waals surface area contributed by atoms with Crippen molar-refractivity contribution < 1.29 is 4.79 Å². The van der Waals surface area contributed by atoms with Crippen molar-refractivity contribution in [1.29, 1.82) is 0 Å². The van der Waals surface area contributed by atoms with Gasteiger partial charge in [-0.15, -0.1) is 16.5 Å².